The first kappa shape index (κ1) is 16.3. The molecular formula is C22H22N4. The highest BCUT2D eigenvalue weighted by molar-refractivity contribution is 5.83. The van der Waals surface area contributed by atoms with E-state index in [1.807, 2.05) is 26.0 Å². The van der Waals surface area contributed by atoms with E-state index in [0.717, 1.165) is 46.9 Å². The van der Waals surface area contributed by atoms with E-state index in [4.69, 9.17) is 0 Å². The zero-order valence-electron chi connectivity index (χ0n) is 15.1. The van der Waals surface area contributed by atoms with E-state index in [0.29, 0.717) is 0 Å². The second-order valence-electron chi connectivity index (χ2n) is 6.57. The van der Waals surface area contributed by atoms with Crippen LogP contribution in [-0.2, 0) is 0 Å². The lowest BCUT2D eigenvalue weighted by molar-refractivity contribution is 1.08. The zero-order valence-corrected chi connectivity index (χ0v) is 15.1. The maximum Gasteiger partial charge on any atom is 0.0725 e. The van der Waals surface area contributed by atoms with E-state index >= 15 is 0 Å². The fraction of sp³-hybridized carbons (Fsp3) is 0.182. The van der Waals surface area contributed by atoms with Crippen LogP contribution in [0.25, 0.3) is 21.8 Å². The Morgan fingerprint density at radius 3 is 1.50 bits per heavy atom. The molecule has 26 heavy (non-hydrogen) atoms. The molecule has 4 heteroatoms. The zero-order chi connectivity index (χ0) is 17.9. The monoisotopic (exact) mass is 342 g/mol. The number of fused-ring (bicyclic) bond motifs is 2. The average molecular weight is 342 g/mol. The molecule has 0 unspecified atom stereocenters. The van der Waals surface area contributed by atoms with Gasteiger partial charge < -0.3 is 10.6 Å². The maximum atomic E-state index is 4.59. The summed E-state index contributed by atoms with van der Waals surface area (Å²) in [5.74, 6) is 0. The molecule has 0 saturated carbocycles. The van der Waals surface area contributed by atoms with Crippen molar-refractivity contribution in [2.24, 2.45) is 0 Å². The molecule has 2 heterocycles. The van der Waals surface area contributed by atoms with Gasteiger partial charge in [0.2, 0.25) is 0 Å². The first-order valence-corrected chi connectivity index (χ1v) is 8.90. The number of hydrogen-bond acceptors (Lipinski definition) is 4. The minimum Gasteiger partial charge on any atom is -0.383 e. The number of rotatable bonds is 5. The van der Waals surface area contributed by atoms with Gasteiger partial charge >= 0.3 is 0 Å². The van der Waals surface area contributed by atoms with Crippen LogP contribution in [0.4, 0.5) is 11.4 Å². The molecule has 0 amide bonds. The summed E-state index contributed by atoms with van der Waals surface area (Å²) in [6, 6.07) is 20.9. The number of aromatic nitrogens is 2. The first-order valence-electron chi connectivity index (χ1n) is 8.90. The Kier molecular flexibility index (Phi) is 4.40. The second kappa shape index (κ2) is 7.00. The third-order valence-electron chi connectivity index (χ3n) is 4.45. The van der Waals surface area contributed by atoms with E-state index in [1.54, 1.807) is 0 Å². The molecule has 2 aromatic carbocycles. The Hall–Kier alpha value is -3.14. The third kappa shape index (κ3) is 3.59. The SMILES string of the molecule is Cc1ccc2ccc(NCCNc3ccc4ccc(C)nc4c3)cc2n1. The molecule has 0 radical (unpaired) electrons. The Morgan fingerprint density at radius 1 is 0.615 bits per heavy atom. The molecule has 0 atom stereocenters. The number of aryl methyl sites for hydroxylation is 2. The van der Waals surface area contributed by atoms with Crippen LogP contribution in [0.1, 0.15) is 11.4 Å². The summed E-state index contributed by atoms with van der Waals surface area (Å²) < 4.78 is 0. The molecule has 2 N–H and O–H groups in total. The number of hydrogen-bond donors (Lipinski definition) is 2. The van der Waals surface area contributed by atoms with Crippen LogP contribution in [0.2, 0.25) is 0 Å². The Labute approximate surface area is 153 Å². The molecule has 0 fully saturated rings. The van der Waals surface area contributed by atoms with E-state index in [9.17, 15) is 0 Å². The number of nitrogens with zero attached hydrogens (tertiary/aromatic N) is 2. The molecule has 4 nitrogen and oxygen atoms in total. The van der Waals surface area contributed by atoms with E-state index < -0.39 is 0 Å². The van der Waals surface area contributed by atoms with Crippen LogP contribution in [0, 0.1) is 13.8 Å². The van der Waals surface area contributed by atoms with Crippen molar-refractivity contribution < 1.29 is 0 Å². The molecule has 0 spiro atoms. The van der Waals surface area contributed by atoms with E-state index in [-0.39, 0.29) is 0 Å². The van der Waals surface area contributed by atoms with Crippen LogP contribution >= 0.6 is 0 Å². The van der Waals surface area contributed by atoms with Gasteiger partial charge in [-0.25, -0.2) is 0 Å². The quantitative estimate of drug-likeness (QED) is 0.505. The van der Waals surface area contributed by atoms with E-state index in [1.165, 1.54) is 10.8 Å². The highest BCUT2D eigenvalue weighted by atomic mass is 14.9. The van der Waals surface area contributed by atoms with Gasteiger partial charge in [-0.15, -0.1) is 0 Å². The molecule has 0 bridgehead atoms. The summed E-state index contributed by atoms with van der Waals surface area (Å²) in [5.41, 5.74) is 6.31. The van der Waals surface area contributed by atoms with Gasteiger partial charge in [-0.3, -0.25) is 9.97 Å². The maximum absolute atomic E-state index is 4.59. The fourth-order valence-electron chi connectivity index (χ4n) is 3.07. The molecule has 0 aliphatic rings. The van der Waals surface area contributed by atoms with Crippen LogP contribution in [0.3, 0.4) is 0 Å². The molecule has 2 aromatic heterocycles. The van der Waals surface area contributed by atoms with Crippen molar-refractivity contribution in [3.8, 4) is 0 Å². The van der Waals surface area contributed by atoms with Gasteiger partial charge in [-0.05, 0) is 50.2 Å². The van der Waals surface area contributed by atoms with Crippen molar-refractivity contribution in [1.82, 2.24) is 9.97 Å². The van der Waals surface area contributed by atoms with Gasteiger partial charge in [0.25, 0.3) is 0 Å². The smallest absolute Gasteiger partial charge is 0.0725 e. The van der Waals surface area contributed by atoms with Crippen LogP contribution in [-0.4, -0.2) is 23.1 Å². The molecule has 0 aliphatic carbocycles. The predicted octanol–water partition coefficient (Wildman–Crippen LogP) is 4.92. The highest BCUT2D eigenvalue weighted by Crippen LogP contribution is 2.19. The normalized spacial score (nSPS) is 11.0. The summed E-state index contributed by atoms with van der Waals surface area (Å²) in [6.07, 6.45) is 0. The molecule has 0 aliphatic heterocycles. The van der Waals surface area contributed by atoms with Crippen LogP contribution in [0.5, 0.6) is 0 Å². The highest BCUT2D eigenvalue weighted by Gasteiger charge is 2.00. The minimum absolute atomic E-state index is 0.830. The number of anilines is 2. The van der Waals surface area contributed by atoms with Gasteiger partial charge in [-0.2, -0.15) is 0 Å². The van der Waals surface area contributed by atoms with Crippen LogP contribution in [0.15, 0.2) is 60.7 Å². The first-order chi connectivity index (χ1) is 12.7. The van der Waals surface area contributed by atoms with Crippen molar-refractivity contribution >= 4 is 33.2 Å². The summed E-state index contributed by atoms with van der Waals surface area (Å²) in [5, 5.41) is 9.24. The number of pyridine rings is 2. The van der Waals surface area contributed by atoms with Gasteiger partial charge in [0.15, 0.2) is 0 Å². The molecule has 0 saturated heterocycles. The predicted molar refractivity (Wildman–Crippen MR) is 110 cm³/mol. The van der Waals surface area contributed by atoms with Gasteiger partial charge in [0.1, 0.15) is 0 Å². The molecule has 4 aromatic rings. The van der Waals surface area contributed by atoms with Gasteiger partial charge in [0, 0.05) is 46.6 Å². The number of benzene rings is 2. The summed E-state index contributed by atoms with van der Waals surface area (Å²) in [7, 11) is 0. The summed E-state index contributed by atoms with van der Waals surface area (Å²) in [4.78, 5) is 9.17. The van der Waals surface area contributed by atoms with Crippen molar-refractivity contribution in [2.75, 3.05) is 23.7 Å². The second-order valence-corrected chi connectivity index (χ2v) is 6.57. The lowest BCUT2D eigenvalue weighted by Gasteiger charge is -2.10. The molecule has 130 valence electrons. The topological polar surface area (TPSA) is 49.8 Å². The van der Waals surface area contributed by atoms with Crippen LogP contribution < -0.4 is 10.6 Å². The fourth-order valence-corrected chi connectivity index (χ4v) is 3.07. The standard InChI is InChI=1S/C22H22N4/c1-15-3-5-17-7-9-19(13-21(17)25-15)23-11-12-24-20-10-8-18-6-4-16(2)26-22(18)14-20/h3-10,13-14,23-24H,11-12H2,1-2H3. The van der Waals surface area contributed by atoms with Crippen molar-refractivity contribution in [3.63, 3.8) is 0 Å². The number of nitrogens with one attached hydrogen (secondary N) is 2. The summed E-state index contributed by atoms with van der Waals surface area (Å²) in [6.45, 7) is 5.69. The van der Waals surface area contributed by atoms with Crippen molar-refractivity contribution in [3.05, 3.63) is 72.1 Å². The Balaban J connectivity index is 1.37. The van der Waals surface area contributed by atoms with Crippen molar-refractivity contribution in [2.45, 2.75) is 13.8 Å². The van der Waals surface area contributed by atoms with Gasteiger partial charge in [0.05, 0.1) is 11.0 Å². The molecular weight excluding hydrogens is 320 g/mol. The summed E-state index contributed by atoms with van der Waals surface area (Å²) >= 11 is 0. The largest absolute Gasteiger partial charge is 0.383 e. The van der Waals surface area contributed by atoms with E-state index in [2.05, 4.69) is 69.1 Å². The Morgan fingerprint density at radius 2 is 1.04 bits per heavy atom. The average Bonchev–Trinajstić information content (AvgIpc) is 2.64. The van der Waals surface area contributed by atoms with Crippen molar-refractivity contribution in [1.29, 1.82) is 0 Å². The lowest BCUT2D eigenvalue weighted by atomic mass is 10.2. The van der Waals surface area contributed by atoms with Gasteiger partial charge in [-0.1, -0.05) is 24.3 Å². The molecule has 4 rings (SSSR count). The minimum atomic E-state index is 0.830. The lowest BCUT2D eigenvalue weighted by Crippen LogP contribution is -2.13. The third-order valence-corrected chi connectivity index (χ3v) is 4.45. The Bertz CT molecular complexity index is 985.